The van der Waals surface area contributed by atoms with E-state index in [-0.39, 0.29) is 16.6 Å². The summed E-state index contributed by atoms with van der Waals surface area (Å²) >= 11 is 5.74. The minimum atomic E-state index is -0.497. The molecule has 5 nitrogen and oxygen atoms in total. The van der Waals surface area contributed by atoms with E-state index in [1.807, 2.05) is 30.3 Å². The number of rotatable bonds is 4. The number of nitrogens with one attached hydrogen (secondary N) is 1. The monoisotopic (exact) mass is 356 g/mol. The summed E-state index contributed by atoms with van der Waals surface area (Å²) in [5.74, 6) is -0.347. The van der Waals surface area contributed by atoms with Crippen LogP contribution in [-0.2, 0) is 0 Å². The number of aromatic nitrogens is 2. The summed E-state index contributed by atoms with van der Waals surface area (Å²) in [5.41, 5.74) is 1.55. The minimum absolute atomic E-state index is 0.00856. The maximum absolute atomic E-state index is 13.2. The predicted molar refractivity (Wildman–Crippen MR) is 95.9 cm³/mol. The Morgan fingerprint density at radius 2 is 1.84 bits per heavy atom. The van der Waals surface area contributed by atoms with Gasteiger partial charge >= 0.3 is 0 Å². The largest absolute Gasteiger partial charge is 0.339 e. The van der Waals surface area contributed by atoms with Crippen molar-refractivity contribution in [3.05, 3.63) is 77.2 Å². The summed E-state index contributed by atoms with van der Waals surface area (Å²) in [4.78, 5) is 13.9. The van der Waals surface area contributed by atoms with Gasteiger partial charge in [-0.1, -0.05) is 29.8 Å². The molecule has 0 radical (unpaired) electrons. The van der Waals surface area contributed by atoms with Gasteiger partial charge in [0.15, 0.2) is 11.5 Å². The van der Waals surface area contributed by atoms with E-state index >= 15 is 0 Å². The van der Waals surface area contributed by atoms with E-state index in [4.69, 9.17) is 11.6 Å². The van der Waals surface area contributed by atoms with Crippen LogP contribution in [0.25, 0.3) is 0 Å². The number of halogens is 2. The molecule has 3 aromatic rings. The van der Waals surface area contributed by atoms with Crippen LogP contribution in [0.5, 0.6) is 0 Å². The van der Waals surface area contributed by atoms with E-state index in [0.29, 0.717) is 11.5 Å². The summed E-state index contributed by atoms with van der Waals surface area (Å²) in [5, 5.41) is 10.9. The van der Waals surface area contributed by atoms with Crippen molar-refractivity contribution in [2.24, 2.45) is 0 Å². The summed E-state index contributed by atoms with van der Waals surface area (Å²) in [6.45, 7) is 0. The van der Waals surface area contributed by atoms with Crippen LogP contribution in [0, 0.1) is 5.82 Å². The maximum atomic E-state index is 13.2. The van der Waals surface area contributed by atoms with Crippen LogP contribution >= 0.6 is 11.6 Å². The molecule has 0 saturated carbocycles. The lowest BCUT2D eigenvalue weighted by Gasteiger charge is -2.16. The fourth-order valence-corrected chi connectivity index (χ4v) is 2.36. The first kappa shape index (κ1) is 16.9. The van der Waals surface area contributed by atoms with E-state index in [9.17, 15) is 9.18 Å². The maximum Gasteiger partial charge on any atom is 0.278 e. The molecular weight excluding hydrogens is 343 g/mol. The average Bonchev–Trinajstić information content (AvgIpc) is 2.65. The Morgan fingerprint density at radius 1 is 1.08 bits per heavy atom. The minimum Gasteiger partial charge on any atom is -0.339 e. The number of carbonyl (C=O) groups excluding carboxylic acids is 1. The van der Waals surface area contributed by atoms with Gasteiger partial charge in [-0.25, -0.2) is 4.39 Å². The zero-order chi connectivity index (χ0) is 17.8. The lowest BCUT2D eigenvalue weighted by atomic mass is 10.2. The first-order valence-electron chi connectivity index (χ1n) is 7.43. The second-order valence-electron chi connectivity index (χ2n) is 5.26. The Hall–Kier alpha value is -2.99. The molecule has 0 aliphatic heterocycles. The highest BCUT2D eigenvalue weighted by Gasteiger charge is 2.15. The molecule has 25 heavy (non-hydrogen) atoms. The summed E-state index contributed by atoms with van der Waals surface area (Å²) in [7, 11) is 1.67. The molecule has 0 saturated heterocycles. The van der Waals surface area contributed by atoms with E-state index in [2.05, 4.69) is 15.5 Å². The average molecular weight is 357 g/mol. The topological polar surface area (TPSA) is 58.1 Å². The Kier molecular flexibility index (Phi) is 4.90. The van der Waals surface area contributed by atoms with Crippen molar-refractivity contribution >= 4 is 34.7 Å². The number of benzene rings is 2. The van der Waals surface area contributed by atoms with Gasteiger partial charge in [0.05, 0.1) is 5.02 Å². The molecule has 0 aliphatic carbocycles. The molecule has 1 heterocycles. The van der Waals surface area contributed by atoms with Gasteiger partial charge in [0.25, 0.3) is 5.91 Å². The van der Waals surface area contributed by atoms with Gasteiger partial charge in [-0.3, -0.25) is 4.79 Å². The van der Waals surface area contributed by atoms with Crippen molar-refractivity contribution in [2.75, 3.05) is 17.3 Å². The van der Waals surface area contributed by atoms with Gasteiger partial charge < -0.3 is 10.2 Å². The standard InChI is InChI=1S/C18H14ClFN4O/c1-24(13-5-3-2-4-6-13)18(25)16-9-10-17(23-22-16)21-12-7-8-15(20)14(19)11-12/h2-11H,1H3,(H,21,23). The summed E-state index contributed by atoms with van der Waals surface area (Å²) in [6, 6.07) is 16.7. The van der Waals surface area contributed by atoms with Gasteiger partial charge in [0.2, 0.25) is 0 Å². The molecule has 7 heteroatoms. The quantitative estimate of drug-likeness (QED) is 0.757. The highest BCUT2D eigenvalue weighted by atomic mass is 35.5. The van der Waals surface area contributed by atoms with Crippen molar-refractivity contribution < 1.29 is 9.18 Å². The second kappa shape index (κ2) is 7.27. The fourth-order valence-electron chi connectivity index (χ4n) is 2.18. The molecule has 1 aromatic heterocycles. The molecule has 0 bridgehead atoms. The van der Waals surface area contributed by atoms with E-state index in [1.165, 1.54) is 23.1 Å². The molecule has 2 aromatic carbocycles. The lowest BCUT2D eigenvalue weighted by Crippen LogP contribution is -2.27. The number of hydrogen-bond donors (Lipinski definition) is 1. The Balaban J connectivity index is 1.73. The second-order valence-corrected chi connectivity index (χ2v) is 5.66. The molecule has 0 spiro atoms. The van der Waals surface area contributed by atoms with Crippen LogP contribution in [0.2, 0.25) is 5.02 Å². The van der Waals surface area contributed by atoms with Crippen LogP contribution in [-0.4, -0.2) is 23.2 Å². The van der Waals surface area contributed by atoms with Crippen LogP contribution in [0.4, 0.5) is 21.6 Å². The Bertz CT molecular complexity index is 887. The van der Waals surface area contributed by atoms with Gasteiger partial charge in [-0.2, -0.15) is 0 Å². The van der Waals surface area contributed by atoms with Crippen LogP contribution in [0.15, 0.2) is 60.7 Å². The molecule has 3 rings (SSSR count). The Labute approximate surface area is 149 Å². The molecule has 0 atom stereocenters. The normalized spacial score (nSPS) is 10.4. The molecular formula is C18H14ClFN4O. The fraction of sp³-hybridized carbons (Fsp3) is 0.0556. The number of anilines is 3. The first-order chi connectivity index (χ1) is 12.0. The molecule has 0 fully saturated rings. The highest BCUT2D eigenvalue weighted by molar-refractivity contribution is 6.31. The van der Waals surface area contributed by atoms with Gasteiger partial charge in [0.1, 0.15) is 5.82 Å². The Morgan fingerprint density at radius 3 is 2.48 bits per heavy atom. The zero-order valence-corrected chi connectivity index (χ0v) is 14.0. The van der Waals surface area contributed by atoms with Crippen LogP contribution in [0.1, 0.15) is 10.5 Å². The van der Waals surface area contributed by atoms with E-state index in [0.717, 1.165) is 5.69 Å². The highest BCUT2D eigenvalue weighted by Crippen LogP contribution is 2.22. The number of carbonyl (C=O) groups is 1. The molecule has 0 aliphatic rings. The van der Waals surface area contributed by atoms with E-state index < -0.39 is 5.82 Å². The number of nitrogens with zero attached hydrogens (tertiary/aromatic N) is 3. The third-order valence-corrected chi connectivity index (χ3v) is 3.81. The van der Waals surface area contributed by atoms with Gasteiger partial charge in [-0.15, -0.1) is 10.2 Å². The smallest absolute Gasteiger partial charge is 0.278 e. The number of hydrogen-bond acceptors (Lipinski definition) is 4. The molecule has 0 unspecified atom stereocenters. The third-order valence-electron chi connectivity index (χ3n) is 3.52. The summed E-state index contributed by atoms with van der Waals surface area (Å²) < 4.78 is 13.2. The zero-order valence-electron chi connectivity index (χ0n) is 13.3. The SMILES string of the molecule is CN(C(=O)c1ccc(Nc2ccc(F)c(Cl)c2)nn1)c1ccccc1. The van der Waals surface area contributed by atoms with Crippen molar-refractivity contribution in [3.8, 4) is 0 Å². The number of amides is 1. The van der Waals surface area contributed by atoms with Crippen molar-refractivity contribution in [1.29, 1.82) is 0 Å². The van der Waals surface area contributed by atoms with Crippen molar-refractivity contribution in [2.45, 2.75) is 0 Å². The first-order valence-corrected chi connectivity index (χ1v) is 7.81. The van der Waals surface area contributed by atoms with Crippen LogP contribution < -0.4 is 10.2 Å². The number of para-hydroxylation sites is 1. The molecule has 1 amide bonds. The van der Waals surface area contributed by atoms with E-state index in [1.54, 1.807) is 19.2 Å². The third kappa shape index (κ3) is 3.92. The van der Waals surface area contributed by atoms with Crippen molar-refractivity contribution in [1.82, 2.24) is 10.2 Å². The summed E-state index contributed by atoms with van der Waals surface area (Å²) in [6.07, 6.45) is 0. The molecule has 1 N–H and O–H groups in total. The molecule has 126 valence electrons. The lowest BCUT2D eigenvalue weighted by molar-refractivity contribution is 0.0987. The predicted octanol–water partition coefficient (Wildman–Crippen LogP) is 4.29. The van der Waals surface area contributed by atoms with Crippen LogP contribution in [0.3, 0.4) is 0 Å². The van der Waals surface area contributed by atoms with Gasteiger partial charge in [0, 0.05) is 18.4 Å². The van der Waals surface area contributed by atoms with Gasteiger partial charge in [-0.05, 0) is 42.5 Å². The van der Waals surface area contributed by atoms with Crippen molar-refractivity contribution in [3.63, 3.8) is 0 Å².